The molecule has 5 nitrogen and oxygen atoms in total. The molecule has 21 heavy (non-hydrogen) atoms. The SMILES string of the molecule is COc1ccc(NS(=O)(=O)c2c(C)csc2CN)cc1Cl. The number of ether oxygens (including phenoxy) is 1. The molecule has 0 saturated heterocycles. The number of nitrogens with one attached hydrogen (secondary N) is 1. The lowest BCUT2D eigenvalue weighted by Crippen LogP contribution is -2.15. The molecule has 0 aliphatic carbocycles. The van der Waals surface area contributed by atoms with Crippen LogP contribution in [0.1, 0.15) is 10.4 Å². The number of aryl methyl sites for hydroxylation is 1. The van der Waals surface area contributed by atoms with Crippen molar-refractivity contribution in [1.29, 1.82) is 0 Å². The van der Waals surface area contributed by atoms with Crippen LogP contribution in [0.4, 0.5) is 5.69 Å². The fraction of sp³-hybridized carbons (Fsp3) is 0.231. The summed E-state index contributed by atoms with van der Waals surface area (Å²) in [5.41, 5.74) is 6.64. The molecule has 2 rings (SSSR count). The van der Waals surface area contributed by atoms with Crippen molar-refractivity contribution in [2.45, 2.75) is 18.4 Å². The van der Waals surface area contributed by atoms with Crippen LogP contribution in [-0.4, -0.2) is 15.5 Å². The van der Waals surface area contributed by atoms with E-state index in [0.717, 1.165) is 0 Å². The van der Waals surface area contributed by atoms with Crippen molar-refractivity contribution in [3.63, 3.8) is 0 Å². The van der Waals surface area contributed by atoms with E-state index in [4.69, 9.17) is 22.1 Å². The van der Waals surface area contributed by atoms with E-state index in [1.165, 1.54) is 24.5 Å². The predicted molar refractivity (Wildman–Crippen MR) is 85.8 cm³/mol. The molecule has 0 fully saturated rings. The Balaban J connectivity index is 2.37. The Kier molecular flexibility index (Phi) is 4.77. The van der Waals surface area contributed by atoms with Gasteiger partial charge in [-0.3, -0.25) is 4.72 Å². The quantitative estimate of drug-likeness (QED) is 0.872. The van der Waals surface area contributed by atoms with Gasteiger partial charge in [-0.05, 0) is 36.1 Å². The Morgan fingerprint density at radius 2 is 2.14 bits per heavy atom. The van der Waals surface area contributed by atoms with E-state index in [1.807, 2.05) is 0 Å². The molecule has 8 heteroatoms. The van der Waals surface area contributed by atoms with Crippen molar-refractivity contribution in [2.24, 2.45) is 5.73 Å². The normalized spacial score (nSPS) is 11.4. The first-order chi connectivity index (χ1) is 9.89. The van der Waals surface area contributed by atoms with Crippen molar-refractivity contribution in [3.8, 4) is 5.75 Å². The minimum atomic E-state index is -3.70. The molecule has 0 bridgehead atoms. The van der Waals surface area contributed by atoms with E-state index >= 15 is 0 Å². The third kappa shape index (κ3) is 3.32. The molecule has 1 heterocycles. The Morgan fingerprint density at radius 3 is 2.71 bits per heavy atom. The molecule has 114 valence electrons. The second-order valence-corrected chi connectivity index (χ2v) is 7.32. The van der Waals surface area contributed by atoms with Crippen molar-refractivity contribution in [2.75, 3.05) is 11.8 Å². The smallest absolute Gasteiger partial charge is 0.263 e. The number of nitrogens with two attached hydrogens (primary N) is 1. The highest BCUT2D eigenvalue weighted by molar-refractivity contribution is 7.93. The van der Waals surface area contributed by atoms with E-state index in [2.05, 4.69) is 4.72 Å². The molecule has 0 atom stereocenters. The molecular weight excluding hydrogens is 332 g/mol. The summed E-state index contributed by atoms with van der Waals surface area (Å²) >= 11 is 7.33. The fourth-order valence-electron chi connectivity index (χ4n) is 1.93. The predicted octanol–water partition coefficient (Wildman–Crippen LogP) is 2.98. The Bertz CT molecular complexity index is 757. The number of thiophene rings is 1. The van der Waals surface area contributed by atoms with Crippen molar-refractivity contribution < 1.29 is 13.2 Å². The van der Waals surface area contributed by atoms with Gasteiger partial charge in [0.25, 0.3) is 10.0 Å². The van der Waals surface area contributed by atoms with Crippen LogP contribution in [0.15, 0.2) is 28.5 Å². The van der Waals surface area contributed by atoms with Crippen LogP contribution in [0.2, 0.25) is 5.02 Å². The molecule has 0 spiro atoms. The first-order valence-corrected chi connectivity index (χ1v) is 8.76. The topological polar surface area (TPSA) is 81.4 Å². The first kappa shape index (κ1) is 16.1. The largest absolute Gasteiger partial charge is 0.495 e. The standard InChI is InChI=1S/C13H15ClN2O3S2/c1-8-7-20-12(6-15)13(8)21(17,18)16-9-3-4-11(19-2)10(14)5-9/h3-5,7,16H,6,15H2,1-2H3. The van der Waals surface area contributed by atoms with Crippen LogP contribution in [0.5, 0.6) is 5.75 Å². The van der Waals surface area contributed by atoms with Gasteiger partial charge in [-0.1, -0.05) is 11.6 Å². The van der Waals surface area contributed by atoms with E-state index in [-0.39, 0.29) is 11.4 Å². The van der Waals surface area contributed by atoms with Crippen LogP contribution >= 0.6 is 22.9 Å². The number of methoxy groups -OCH3 is 1. The summed E-state index contributed by atoms with van der Waals surface area (Å²) < 4.78 is 32.5. The van der Waals surface area contributed by atoms with E-state index < -0.39 is 10.0 Å². The van der Waals surface area contributed by atoms with Crippen LogP contribution in [-0.2, 0) is 16.6 Å². The van der Waals surface area contributed by atoms with Gasteiger partial charge in [0.2, 0.25) is 0 Å². The number of halogens is 1. The molecule has 1 aromatic heterocycles. The van der Waals surface area contributed by atoms with E-state index in [0.29, 0.717) is 26.9 Å². The number of hydrogen-bond donors (Lipinski definition) is 2. The number of sulfonamides is 1. The van der Waals surface area contributed by atoms with E-state index in [9.17, 15) is 8.42 Å². The summed E-state index contributed by atoms with van der Waals surface area (Å²) in [6, 6.07) is 4.69. The average molecular weight is 347 g/mol. The molecule has 3 N–H and O–H groups in total. The highest BCUT2D eigenvalue weighted by Crippen LogP contribution is 2.31. The zero-order valence-electron chi connectivity index (χ0n) is 11.5. The number of anilines is 1. The highest BCUT2D eigenvalue weighted by Gasteiger charge is 2.22. The minimum absolute atomic E-state index is 0.179. The molecule has 2 aromatic rings. The molecule has 0 aliphatic heterocycles. The number of rotatable bonds is 5. The summed E-state index contributed by atoms with van der Waals surface area (Å²) in [6.45, 7) is 1.92. The molecule has 0 amide bonds. The first-order valence-electron chi connectivity index (χ1n) is 6.02. The van der Waals surface area contributed by atoms with Gasteiger partial charge in [0.05, 0.1) is 17.8 Å². The lowest BCUT2D eigenvalue weighted by Gasteiger charge is -2.11. The molecule has 0 saturated carbocycles. The summed E-state index contributed by atoms with van der Waals surface area (Å²) in [7, 11) is -2.21. The lowest BCUT2D eigenvalue weighted by atomic mass is 10.3. The van der Waals surface area contributed by atoms with Gasteiger partial charge in [-0.15, -0.1) is 11.3 Å². The average Bonchev–Trinajstić information content (AvgIpc) is 2.80. The van der Waals surface area contributed by atoms with E-state index in [1.54, 1.807) is 24.4 Å². The Hall–Kier alpha value is -1.28. The third-order valence-corrected chi connectivity index (χ3v) is 6.01. The molecule has 0 unspecified atom stereocenters. The molecule has 0 radical (unpaired) electrons. The summed E-state index contributed by atoms with van der Waals surface area (Å²) in [5, 5.41) is 2.11. The van der Waals surface area contributed by atoms with Crippen LogP contribution < -0.4 is 15.2 Å². The maximum atomic E-state index is 12.5. The maximum absolute atomic E-state index is 12.5. The highest BCUT2D eigenvalue weighted by atomic mass is 35.5. The minimum Gasteiger partial charge on any atom is -0.495 e. The van der Waals surface area contributed by atoms with Gasteiger partial charge in [0, 0.05) is 11.4 Å². The van der Waals surface area contributed by atoms with Gasteiger partial charge in [-0.2, -0.15) is 0 Å². The zero-order valence-corrected chi connectivity index (χ0v) is 13.9. The van der Waals surface area contributed by atoms with Gasteiger partial charge in [0.1, 0.15) is 10.6 Å². The van der Waals surface area contributed by atoms with Crippen LogP contribution in [0.25, 0.3) is 0 Å². The van der Waals surface area contributed by atoms with Gasteiger partial charge in [0.15, 0.2) is 0 Å². The number of benzene rings is 1. The molecule has 0 aliphatic rings. The van der Waals surface area contributed by atoms with Gasteiger partial charge < -0.3 is 10.5 Å². The van der Waals surface area contributed by atoms with Crippen molar-refractivity contribution in [3.05, 3.63) is 39.0 Å². The van der Waals surface area contributed by atoms with Crippen LogP contribution in [0, 0.1) is 6.92 Å². The Morgan fingerprint density at radius 1 is 1.43 bits per heavy atom. The lowest BCUT2D eigenvalue weighted by molar-refractivity contribution is 0.415. The molecule has 1 aromatic carbocycles. The molecular formula is C13H15ClN2O3S2. The van der Waals surface area contributed by atoms with Gasteiger partial charge >= 0.3 is 0 Å². The maximum Gasteiger partial charge on any atom is 0.263 e. The second kappa shape index (κ2) is 6.23. The summed E-state index contributed by atoms with van der Waals surface area (Å²) in [4.78, 5) is 0.863. The van der Waals surface area contributed by atoms with Gasteiger partial charge in [-0.25, -0.2) is 8.42 Å². The summed E-state index contributed by atoms with van der Waals surface area (Å²) in [5.74, 6) is 0.481. The number of hydrogen-bond acceptors (Lipinski definition) is 5. The third-order valence-electron chi connectivity index (χ3n) is 2.85. The summed E-state index contributed by atoms with van der Waals surface area (Å²) in [6.07, 6.45) is 0. The zero-order chi connectivity index (χ0) is 15.6. The second-order valence-electron chi connectivity index (χ2n) is 4.33. The van der Waals surface area contributed by atoms with Crippen molar-refractivity contribution >= 4 is 38.6 Å². The Labute approximate surface area is 132 Å². The van der Waals surface area contributed by atoms with Crippen molar-refractivity contribution in [1.82, 2.24) is 0 Å². The monoisotopic (exact) mass is 346 g/mol. The van der Waals surface area contributed by atoms with Crippen LogP contribution in [0.3, 0.4) is 0 Å². The fourth-order valence-corrected chi connectivity index (χ4v) is 4.94.